The van der Waals surface area contributed by atoms with Gasteiger partial charge in [-0.2, -0.15) is 5.11 Å². The Balaban J connectivity index is 2.36. The lowest BCUT2D eigenvalue weighted by Gasteiger charge is -2.15. The van der Waals surface area contributed by atoms with Gasteiger partial charge in [0.1, 0.15) is 11.9 Å². The third-order valence-electron chi connectivity index (χ3n) is 1.95. The van der Waals surface area contributed by atoms with Crippen LogP contribution in [0.3, 0.4) is 0 Å². The molecule has 2 rings (SSSR count). The summed E-state index contributed by atoms with van der Waals surface area (Å²) in [5.41, 5.74) is 0.619. The lowest BCUT2D eigenvalue weighted by atomic mass is 10.0. The molecule has 0 aromatic carbocycles. The maximum Gasteiger partial charge on any atom is 0.156 e. The molecule has 1 heterocycles. The average Bonchev–Trinajstić information content (AvgIpc) is 2.35. The zero-order valence-electron chi connectivity index (χ0n) is 6.46. The Morgan fingerprint density at radius 3 is 3.08 bits per heavy atom. The van der Waals surface area contributed by atoms with E-state index in [1.807, 2.05) is 0 Å². The van der Waals surface area contributed by atoms with Gasteiger partial charge in [-0.25, -0.2) is 8.78 Å². The second kappa shape index (κ2) is 2.36. The van der Waals surface area contributed by atoms with Crippen LogP contribution >= 0.6 is 0 Å². The normalized spacial score (nSPS) is 27.8. The number of nitrogens with zero attached hydrogens (tertiary/aromatic N) is 3. The highest BCUT2D eigenvalue weighted by atomic mass is 19.2. The van der Waals surface area contributed by atoms with Gasteiger partial charge in [-0.1, -0.05) is 5.22 Å². The Morgan fingerprint density at radius 2 is 2.33 bits per heavy atom. The number of fused-ring (bicyclic) bond motifs is 1. The maximum absolute atomic E-state index is 12.7. The van der Waals surface area contributed by atoms with E-state index in [2.05, 4.69) is 10.3 Å². The molecule has 0 N–H and O–H groups in total. The largest absolute Gasteiger partial charge is 0.252 e. The van der Waals surface area contributed by atoms with E-state index in [0.29, 0.717) is 5.70 Å². The molecule has 1 aliphatic heterocycles. The summed E-state index contributed by atoms with van der Waals surface area (Å²) < 4.78 is 25.4. The summed E-state index contributed by atoms with van der Waals surface area (Å²) >= 11 is 0. The molecular formula is C7H7F2N3. The van der Waals surface area contributed by atoms with E-state index in [0.717, 1.165) is 6.08 Å². The van der Waals surface area contributed by atoms with Gasteiger partial charge in [0.25, 0.3) is 0 Å². The molecule has 0 saturated heterocycles. The van der Waals surface area contributed by atoms with E-state index in [9.17, 15) is 8.78 Å². The second-order valence-electron chi connectivity index (χ2n) is 2.77. The summed E-state index contributed by atoms with van der Waals surface area (Å²) in [5, 5.41) is 8.90. The van der Waals surface area contributed by atoms with E-state index < -0.39 is 11.7 Å². The van der Waals surface area contributed by atoms with Crippen molar-refractivity contribution < 1.29 is 8.78 Å². The van der Waals surface area contributed by atoms with Crippen molar-refractivity contribution in [3.63, 3.8) is 0 Å². The Kier molecular flexibility index (Phi) is 1.46. The molecule has 0 radical (unpaired) electrons. The lowest BCUT2D eigenvalue weighted by molar-refractivity contribution is 0.429. The molecule has 1 unspecified atom stereocenters. The van der Waals surface area contributed by atoms with Crippen LogP contribution in [0.15, 0.2) is 33.8 Å². The summed E-state index contributed by atoms with van der Waals surface area (Å²) in [6.07, 6.45) is 1.13. The molecule has 0 saturated carbocycles. The van der Waals surface area contributed by atoms with Gasteiger partial charge >= 0.3 is 0 Å². The molecule has 1 atom stereocenters. The minimum Gasteiger partial charge on any atom is -0.252 e. The predicted octanol–water partition coefficient (Wildman–Crippen LogP) is 2.11. The Bertz CT molecular complexity index is 306. The molecule has 5 heteroatoms. The van der Waals surface area contributed by atoms with Crippen LogP contribution < -0.4 is 0 Å². The van der Waals surface area contributed by atoms with Crippen LogP contribution in [0.2, 0.25) is 0 Å². The number of rotatable bonds is 0. The zero-order chi connectivity index (χ0) is 8.72. The van der Waals surface area contributed by atoms with Crippen molar-refractivity contribution in [2.24, 2.45) is 10.3 Å². The molecule has 0 fully saturated rings. The van der Waals surface area contributed by atoms with Crippen molar-refractivity contribution >= 4 is 0 Å². The van der Waals surface area contributed by atoms with Gasteiger partial charge in [-0.3, -0.25) is 5.01 Å². The predicted molar refractivity (Wildman–Crippen MR) is 38.3 cm³/mol. The number of hydrogen-bond acceptors (Lipinski definition) is 3. The van der Waals surface area contributed by atoms with Crippen LogP contribution in [-0.4, -0.2) is 18.1 Å². The molecule has 0 bridgehead atoms. The minimum atomic E-state index is -0.805. The average molecular weight is 171 g/mol. The van der Waals surface area contributed by atoms with E-state index >= 15 is 0 Å². The van der Waals surface area contributed by atoms with Gasteiger partial charge in [-0.15, -0.1) is 0 Å². The first-order valence-corrected chi connectivity index (χ1v) is 3.58. The van der Waals surface area contributed by atoms with Crippen molar-refractivity contribution in [2.45, 2.75) is 12.5 Å². The third kappa shape index (κ3) is 0.929. The van der Waals surface area contributed by atoms with Crippen LogP contribution in [0.5, 0.6) is 0 Å². The Hall–Kier alpha value is -1.26. The summed E-state index contributed by atoms with van der Waals surface area (Å²) in [7, 11) is 1.66. The fourth-order valence-corrected chi connectivity index (χ4v) is 1.28. The smallest absolute Gasteiger partial charge is 0.156 e. The molecule has 3 nitrogen and oxygen atoms in total. The van der Waals surface area contributed by atoms with Crippen molar-refractivity contribution in [3.05, 3.63) is 23.4 Å². The van der Waals surface area contributed by atoms with Gasteiger partial charge in [0.15, 0.2) is 5.83 Å². The third-order valence-corrected chi connectivity index (χ3v) is 1.95. The van der Waals surface area contributed by atoms with Gasteiger partial charge in [0, 0.05) is 13.5 Å². The standard InChI is InChI=1S/C7H7F2N3/c1-12-7-3-5(9)4(8)2-6(7)10-11-12/h3,6H,2H2,1H3. The molecule has 0 aromatic heterocycles. The van der Waals surface area contributed by atoms with Crippen LogP contribution in [0.25, 0.3) is 0 Å². The van der Waals surface area contributed by atoms with E-state index in [1.54, 1.807) is 7.05 Å². The molecular weight excluding hydrogens is 164 g/mol. The van der Waals surface area contributed by atoms with Crippen molar-refractivity contribution in [2.75, 3.05) is 7.05 Å². The zero-order valence-corrected chi connectivity index (χ0v) is 6.46. The molecule has 0 amide bonds. The van der Waals surface area contributed by atoms with Crippen LogP contribution in [0.1, 0.15) is 6.42 Å². The van der Waals surface area contributed by atoms with Gasteiger partial charge < -0.3 is 0 Å². The number of likely N-dealkylation sites (N-methyl/N-ethyl adjacent to an activating group) is 1. The highest BCUT2D eigenvalue weighted by Gasteiger charge is 2.30. The summed E-state index contributed by atoms with van der Waals surface area (Å²) in [4.78, 5) is 0. The van der Waals surface area contributed by atoms with E-state index in [-0.39, 0.29) is 12.5 Å². The number of hydrogen-bond donors (Lipinski definition) is 0. The first-order chi connectivity index (χ1) is 5.68. The fraction of sp³-hybridized carbons (Fsp3) is 0.429. The topological polar surface area (TPSA) is 28.0 Å². The highest BCUT2D eigenvalue weighted by Crippen LogP contribution is 2.33. The second-order valence-corrected chi connectivity index (χ2v) is 2.77. The highest BCUT2D eigenvalue weighted by molar-refractivity contribution is 5.30. The van der Waals surface area contributed by atoms with Crippen LogP contribution in [0, 0.1) is 0 Å². The first-order valence-electron chi connectivity index (χ1n) is 3.58. The number of allylic oxidation sites excluding steroid dienone is 2. The summed E-state index contributed by atoms with van der Waals surface area (Å²) in [6.45, 7) is 0. The molecule has 2 aliphatic rings. The first kappa shape index (κ1) is 7.39. The molecule has 64 valence electrons. The van der Waals surface area contributed by atoms with Crippen molar-refractivity contribution in [3.8, 4) is 0 Å². The summed E-state index contributed by atoms with van der Waals surface area (Å²) in [5.74, 6) is -1.54. The Morgan fingerprint density at radius 1 is 1.58 bits per heavy atom. The summed E-state index contributed by atoms with van der Waals surface area (Å²) in [6, 6.07) is -0.325. The van der Waals surface area contributed by atoms with Gasteiger partial charge in [-0.05, 0) is 6.08 Å². The molecule has 0 aromatic rings. The van der Waals surface area contributed by atoms with Crippen LogP contribution in [0.4, 0.5) is 8.78 Å². The number of halogens is 2. The molecule has 12 heavy (non-hydrogen) atoms. The van der Waals surface area contributed by atoms with E-state index in [4.69, 9.17) is 0 Å². The van der Waals surface area contributed by atoms with Crippen molar-refractivity contribution in [1.82, 2.24) is 5.01 Å². The van der Waals surface area contributed by atoms with E-state index in [1.165, 1.54) is 5.01 Å². The SMILES string of the molecule is CN1N=NC2CC(F)=C(F)C=C21. The van der Waals surface area contributed by atoms with Crippen LogP contribution in [-0.2, 0) is 0 Å². The lowest BCUT2D eigenvalue weighted by Crippen LogP contribution is -2.17. The fourth-order valence-electron chi connectivity index (χ4n) is 1.28. The van der Waals surface area contributed by atoms with Gasteiger partial charge in [0.05, 0.1) is 5.70 Å². The van der Waals surface area contributed by atoms with Crippen molar-refractivity contribution in [1.29, 1.82) is 0 Å². The molecule has 1 aliphatic carbocycles. The monoisotopic (exact) mass is 171 g/mol. The van der Waals surface area contributed by atoms with Gasteiger partial charge in [0.2, 0.25) is 0 Å². The minimum absolute atomic E-state index is 0.00843. The molecule has 0 spiro atoms. The Labute approximate surface area is 68.0 Å². The maximum atomic E-state index is 12.7. The quantitative estimate of drug-likeness (QED) is 0.548.